The van der Waals surface area contributed by atoms with Gasteiger partial charge in [0.2, 0.25) is 0 Å². The summed E-state index contributed by atoms with van der Waals surface area (Å²) >= 11 is 0. The number of nitro groups is 1. The summed E-state index contributed by atoms with van der Waals surface area (Å²) in [5.74, 6) is 0.557. The predicted octanol–water partition coefficient (Wildman–Crippen LogP) is 5.08. The minimum atomic E-state index is -0.368. The summed E-state index contributed by atoms with van der Waals surface area (Å²) in [6.07, 6.45) is 6.49. The summed E-state index contributed by atoms with van der Waals surface area (Å²) in [6, 6.07) is 13.1. The fourth-order valence-corrected chi connectivity index (χ4v) is 4.08. The maximum atomic E-state index is 10.9. The van der Waals surface area contributed by atoms with E-state index < -0.39 is 0 Å². The van der Waals surface area contributed by atoms with Crippen LogP contribution in [0.25, 0.3) is 27.6 Å². The van der Waals surface area contributed by atoms with Crippen LogP contribution in [0.15, 0.2) is 54.7 Å². The molecule has 0 saturated carbocycles. The van der Waals surface area contributed by atoms with Crippen LogP contribution in [-0.2, 0) is 0 Å². The molecule has 1 unspecified atom stereocenters. The Morgan fingerprint density at radius 3 is 2.79 bits per heavy atom. The van der Waals surface area contributed by atoms with Crippen LogP contribution in [0.1, 0.15) is 29.9 Å². The lowest BCUT2D eigenvalue weighted by atomic mass is 9.71. The average Bonchev–Trinajstić information content (AvgIpc) is 3.01. The molecule has 0 spiro atoms. The highest BCUT2D eigenvalue weighted by molar-refractivity contribution is 6.07. The van der Waals surface area contributed by atoms with E-state index in [0.29, 0.717) is 5.92 Å². The second-order valence-corrected chi connectivity index (χ2v) is 6.38. The first-order valence-electron chi connectivity index (χ1n) is 8.11. The Balaban J connectivity index is 1.75. The lowest BCUT2D eigenvalue weighted by Gasteiger charge is -2.32. The highest BCUT2D eigenvalue weighted by Crippen LogP contribution is 2.56. The lowest BCUT2D eigenvalue weighted by Crippen LogP contribution is -2.13. The van der Waals surface area contributed by atoms with Gasteiger partial charge in [-0.2, -0.15) is 0 Å². The number of aromatic nitrogens is 1. The van der Waals surface area contributed by atoms with Crippen molar-refractivity contribution >= 4 is 22.2 Å². The van der Waals surface area contributed by atoms with Gasteiger partial charge in [0.1, 0.15) is 0 Å². The van der Waals surface area contributed by atoms with Crippen molar-refractivity contribution < 1.29 is 4.92 Å². The van der Waals surface area contributed by atoms with Gasteiger partial charge in [-0.1, -0.05) is 12.1 Å². The zero-order valence-corrected chi connectivity index (χ0v) is 12.9. The van der Waals surface area contributed by atoms with Crippen molar-refractivity contribution in [1.29, 1.82) is 0 Å². The molecular formula is C20H14N2O2. The molecule has 2 aliphatic rings. The number of allylic oxidation sites excluding steroid dienone is 2. The first-order chi connectivity index (χ1) is 11.7. The fraction of sp³-hybridized carbons (Fsp3) is 0.150. The second kappa shape index (κ2) is 4.74. The normalized spacial score (nSPS) is 17.8. The van der Waals surface area contributed by atoms with E-state index in [-0.39, 0.29) is 10.6 Å². The van der Waals surface area contributed by atoms with Crippen LogP contribution >= 0.6 is 0 Å². The Labute approximate surface area is 138 Å². The third kappa shape index (κ3) is 1.71. The molecule has 5 rings (SSSR count). The van der Waals surface area contributed by atoms with E-state index in [1.54, 1.807) is 12.1 Å². The zero-order chi connectivity index (χ0) is 16.3. The highest BCUT2D eigenvalue weighted by atomic mass is 16.6. The number of nitrogens with zero attached hydrogens (tertiary/aromatic N) is 2. The number of hydrogen-bond donors (Lipinski definition) is 0. The van der Waals surface area contributed by atoms with Crippen molar-refractivity contribution in [3.05, 3.63) is 76.0 Å². The first kappa shape index (κ1) is 13.4. The molecule has 4 nitrogen and oxygen atoms in total. The Morgan fingerprint density at radius 2 is 2.00 bits per heavy atom. The third-order valence-corrected chi connectivity index (χ3v) is 5.17. The molecule has 4 heteroatoms. The predicted molar refractivity (Wildman–Crippen MR) is 93.8 cm³/mol. The molecule has 0 amide bonds. The lowest BCUT2D eigenvalue weighted by molar-refractivity contribution is -0.384. The third-order valence-electron chi connectivity index (χ3n) is 5.17. The van der Waals surface area contributed by atoms with E-state index in [1.807, 2.05) is 24.4 Å². The monoisotopic (exact) mass is 314 g/mol. The van der Waals surface area contributed by atoms with Gasteiger partial charge in [-0.05, 0) is 59.4 Å². The molecule has 1 aromatic heterocycles. The fourth-order valence-electron chi connectivity index (χ4n) is 4.08. The Morgan fingerprint density at radius 1 is 1.17 bits per heavy atom. The quantitative estimate of drug-likeness (QED) is 0.489. The van der Waals surface area contributed by atoms with Gasteiger partial charge in [0, 0.05) is 35.2 Å². The van der Waals surface area contributed by atoms with Crippen LogP contribution < -0.4 is 0 Å². The molecule has 0 radical (unpaired) electrons. The summed E-state index contributed by atoms with van der Waals surface area (Å²) in [5, 5.41) is 12.1. The molecular weight excluding hydrogens is 300 g/mol. The van der Waals surface area contributed by atoms with Crippen molar-refractivity contribution in [3.63, 3.8) is 0 Å². The standard InChI is InChI=1S/C20H14N2O2/c23-22(24)13-8-6-12(7-9-13)17-11-18-14-3-1-4-15(14)19(18)16-5-2-10-21-20(16)17/h2,4-11,14H,1,3H2. The van der Waals surface area contributed by atoms with Crippen LogP contribution in [0.2, 0.25) is 0 Å². The van der Waals surface area contributed by atoms with Crippen molar-refractivity contribution in [2.75, 3.05) is 0 Å². The number of non-ortho nitro benzene ring substituents is 1. The van der Waals surface area contributed by atoms with Gasteiger partial charge in [0.15, 0.2) is 0 Å². The molecule has 0 N–H and O–H groups in total. The van der Waals surface area contributed by atoms with Crippen LogP contribution in [-0.4, -0.2) is 9.91 Å². The van der Waals surface area contributed by atoms with E-state index in [0.717, 1.165) is 23.1 Å². The maximum absolute atomic E-state index is 10.9. The molecule has 1 heterocycles. The molecule has 2 aromatic carbocycles. The minimum Gasteiger partial charge on any atom is -0.258 e. The van der Waals surface area contributed by atoms with Gasteiger partial charge in [-0.25, -0.2) is 0 Å². The van der Waals surface area contributed by atoms with Gasteiger partial charge in [0.25, 0.3) is 5.69 Å². The van der Waals surface area contributed by atoms with Crippen LogP contribution in [0.4, 0.5) is 5.69 Å². The smallest absolute Gasteiger partial charge is 0.258 e. The van der Waals surface area contributed by atoms with E-state index in [4.69, 9.17) is 0 Å². The minimum absolute atomic E-state index is 0.112. The summed E-state index contributed by atoms with van der Waals surface area (Å²) < 4.78 is 0. The highest BCUT2D eigenvalue weighted by Gasteiger charge is 2.36. The van der Waals surface area contributed by atoms with E-state index in [2.05, 4.69) is 23.2 Å². The molecule has 1 atom stereocenters. The molecule has 0 saturated heterocycles. The molecule has 2 aliphatic carbocycles. The van der Waals surface area contributed by atoms with Gasteiger partial charge < -0.3 is 0 Å². The molecule has 24 heavy (non-hydrogen) atoms. The summed E-state index contributed by atoms with van der Waals surface area (Å²) in [5.41, 5.74) is 7.34. The van der Waals surface area contributed by atoms with Crippen molar-refractivity contribution in [2.45, 2.75) is 18.8 Å². The van der Waals surface area contributed by atoms with E-state index in [9.17, 15) is 10.1 Å². The van der Waals surface area contributed by atoms with Gasteiger partial charge in [-0.15, -0.1) is 0 Å². The molecule has 0 fully saturated rings. The number of fused-ring (bicyclic) bond motifs is 6. The molecule has 3 aromatic rings. The number of benzene rings is 2. The number of pyridine rings is 1. The summed E-state index contributed by atoms with van der Waals surface area (Å²) in [4.78, 5) is 15.1. The largest absolute Gasteiger partial charge is 0.269 e. The van der Waals surface area contributed by atoms with Crippen molar-refractivity contribution in [1.82, 2.24) is 4.98 Å². The Hall–Kier alpha value is -3.01. The van der Waals surface area contributed by atoms with Crippen LogP contribution in [0.5, 0.6) is 0 Å². The van der Waals surface area contributed by atoms with Crippen molar-refractivity contribution in [3.8, 4) is 11.1 Å². The maximum Gasteiger partial charge on any atom is 0.269 e. The Kier molecular flexibility index (Phi) is 2.65. The van der Waals surface area contributed by atoms with E-state index in [1.165, 1.54) is 28.5 Å². The van der Waals surface area contributed by atoms with Crippen LogP contribution in [0, 0.1) is 10.1 Å². The molecule has 0 bridgehead atoms. The van der Waals surface area contributed by atoms with Crippen LogP contribution in [0.3, 0.4) is 0 Å². The average molecular weight is 314 g/mol. The topological polar surface area (TPSA) is 56.0 Å². The summed E-state index contributed by atoms with van der Waals surface area (Å²) in [6.45, 7) is 0. The molecule has 116 valence electrons. The number of rotatable bonds is 2. The van der Waals surface area contributed by atoms with Gasteiger partial charge >= 0.3 is 0 Å². The number of nitro benzene ring substituents is 1. The number of hydrogen-bond acceptors (Lipinski definition) is 3. The van der Waals surface area contributed by atoms with Gasteiger partial charge in [-0.3, -0.25) is 15.1 Å². The Bertz CT molecular complexity index is 1040. The second-order valence-electron chi connectivity index (χ2n) is 6.38. The zero-order valence-electron chi connectivity index (χ0n) is 12.9. The summed E-state index contributed by atoms with van der Waals surface area (Å²) in [7, 11) is 0. The van der Waals surface area contributed by atoms with Crippen molar-refractivity contribution in [2.24, 2.45) is 0 Å². The first-order valence-corrected chi connectivity index (χ1v) is 8.11. The SMILES string of the molecule is O=[N+]([O-])c1ccc(-c2cc3c(c4cccnc24)C2=CCCC23)cc1. The van der Waals surface area contributed by atoms with E-state index >= 15 is 0 Å². The van der Waals surface area contributed by atoms with Gasteiger partial charge in [0.05, 0.1) is 10.4 Å². The molecule has 0 aliphatic heterocycles.